The topological polar surface area (TPSA) is 72.2 Å². The lowest BCUT2D eigenvalue weighted by Crippen LogP contribution is -2.15. The molecule has 20 heavy (non-hydrogen) atoms. The Hall–Kier alpha value is -1.24. The molecule has 3 N–H and O–H groups in total. The molecule has 0 radical (unpaired) electrons. The molecule has 0 aliphatic heterocycles. The van der Waals surface area contributed by atoms with Crippen molar-refractivity contribution in [1.82, 2.24) is 0 Å². The van der Waals surface area contributed by atoms with E-state index in [0.717, 1.165) is 0 Å². The molecular weight excluding hydrogens is 364 g/mol. The third-order valence-electron chi connectivity index (χ3n) is 2.70. The Morgan fingerprint density at radius 3 is 2.65 bits per heavy atom. The van der Waals surface area contributed by atoms with Crippen molar-refractivity contribution in [1.29, 1.82) is 0 Å². The van der Waals surface area contributed by atoms with Gasteiger partial charge in [-0.1, -0.05) is 23.7 Å². The Labute approximate surface area is 131 Å². The second-order valence-electron chi connectivity index (χ2n) is 4.23. The number of nitrogens with two attached hydrogens (primary N) is 1. The molecule has 0 atom stereocenters. The highest BCUT2D eigenvalue weighted by Gasteiger charge is 2.19. The summed E-state index contributed by atoms with van der Waals surface area (Å²) in [4.78, 5) is 0.143. The highest BCUT2D eigenvalue weighted by atomic mass is 79.9. The largest absolute Gasteiger partial charge is 0.399 e. The van der Waals surface area contributed by atoms with Crippen LogP contribution >= 0.6 is 27.5 Å². The Balaban J connectivity index is 2.46. The fourth-order valence-electron chi connectivity index (χ4n) is 1.69. The minimum Gasteiger partial charge on any atom is -0.399 e. The maximum Gasteiger partial charge on any atom is 0.262 e. The summed E-state index contributed by atoms with van der Waals surface area (Å²) in [5.74, 6) is 0. The Morgan fingerprint density at radius 1 is 1.25 bits per heavy atom. The van der Waals surface area contributed by atoms with Gasteiger partial charge in [0.2, 0.25) is 0 Å². The normalized spacial score (nSPS) is 11.3. The maximum atomic E-state index is 12.4. The number of nitrogen functional groups attached to an aromatic ring is 1. The Kier molecular flexibility index (Phi) is 4.27. The number of hydrogen-bond acceptors (Lipinski definition) is 3. The van der Waals surface area contributed by atoms with Gasteiger partial charge in [0.05, 0.1) is 20.1 Å². The second-order valence-corrected chi connectivity index (χ2v) is 7.08. The molecule has 0 spiro atoms. The molecule has 7 heteroatoms. The molecule has 0 amide bonds. The van der Waals surface area contributed by atoms with Crippen molar-refractivity contribution in [2.24, 2.45) is 0 Å². The molecular formula is C13H12BrClN2O2S. The third-order valence-corrected chi connectivity index (χ3v) is 5.60. The fourth-order valence-corrected chi connectivity index (χ4v) is 3.71. The molecule has 0 fully saturated rings. The van der Waals surface area contributed by atoms with Gasteiger partial charge in [-0.15, -0.1) is 0 Å². The molecule has 2 rings (SSSR count). The molecule has 0 saturated carbocycles. The van der Waals surface area contributed by atoms with Crippen LogP contribution in [0.15, 0.2) is 45.8 Å². The molecule has 0 aliphatic rings. The lowest BCUT2D eigenvalue weighted by molar-refractivity contribution is 0.600. The first-order chi connectivity index (χ1) is 9.31. The second kappa shape index (κ2) is 5.63. The van der Waals surface area contributed by atoms with Crippen molar-refractivity contribution in [3.8, 4) is 0 Å². The molecule has 106 valence electrons. The Morgan fingerprint density at radius 2 is 1.95 bits per heavy atom. The molecule has 0 aromatic heterocycles. The summed E-state index contributed by atoms with van der Waals surface area (Å²) in [6, 6.07) is 9.69. The number of hydrogen-bond donors (Lipinski definition) is 2. The van der Waals surface area contributed by atoms with Gasteiger partial charge in [-0.25, -0.2) is 8.42 Å². The molecule has 2 aromatic carbocycles. The van der Waals surface area contributed by atoms with Gasteiger partial charge >= 0.3 is 0 Å². The minimum absolute atomic E-state index is 0.143. The quantitative estimate of drug-likeness (QED) is 0.802. The molecule has 0 heterocycles. The van der Waals surface area contributed by atoms with E-state index >= 15 is 0 Å². The van der Waals surface area contributed by atoms with E-state index in [4.69, 9.17) is 17.3 Å². The van der Waals surface area contributed by atoms with Crippen LogP contribution in [0.3, 0.4) is 0 Å². The fraction of sp³-hybridized carbons (Fsp3) is 0.0769. The monoisotopic (exact) mass is 374 g/mol. The molecule has 4 nitrogen and oxygen atoms in total. The van der Waals surface area contributed by atoms with Crippen molar-refractivity contribution in [3.05, 3.63) is 51.5 Å². The van der Waals surface area contributed by atoms with Crippen molar-refractivity contribution in [2.45, 2.75) is 11.8 Å². The minimum atomic E-state index is -3.72. The van der Waals surface area contributed by atoms with Crippen LogP contribution in [0.25, 0.3) is 0 Å². The van der Waals surface area contributed by atoms with Gasteiger partial charge in [0.25, 0.3) is 10.0 Å². The number of anilines is 2. The summed E-state index contributed by atoms with van der Waals surface area (Å²) in [6.45, 7) is 1.71. The zero-order chi connectivity index (χ0) is 14.9. The van der Waals surface area contributed by atoms with E-state index in [1.165, 1.54) is 6.07 Å². The number of halogens is 2. The first kappa shape index (κ1) is 15.2. The van der Waals surface area contributed by atoms with Gasteiger partial charge in [-0.2, -0.15) is 0 Å². The lowest BCUT2D eigenvalue weighted by atomic mass is 10.2. The van der Waals surface area contributed by atoms with Crippen LogP contribution < -0.4 is 10.5 Å². The number of rotatable bonds is 3. The summed E-state index contributed by atoms with van der Waals surface area (Å²) in [6.07, 6.45) is 0. The number of aryl methyl sites for hydroxylation is 1. The highest BCUT2D eigenvalue weighted by molar-refractivity contribution is 9.10. The van der Waals surface area contributed by atoms with Crippen LogP contribution in [0, 0.1) is 6.92 Å². The third kappa shape index (κ3) is 3.08. The predicted molar refractivity (Wildman–Crippen MR) is 85.6 cm³/mol. The Bertz CT molecular complexity index is 763. The first-order valence-electron chi connectivity index (χ1n) is 5.64. The van der Waals surface area contributed by atoms with Crippen LogP contribution in [0.1, 0.15) is 5.56 Å². The van der Waals surface area contributed by atoms with E-state index in [0.29, 0.717) is 26.4 Å². The molecule has 0 saturated heterocycles. The average molecular weight is 376 g/mol. The van der Waals surface area contributed by atoms with Crippen molar-refractivity contribution >= 4 is 48.9 Å². The summed E-state index contributed by atoms with van der Waals surface area (Å²) >= 11 is 9.20. The summed E-state index contributed by atoms with van der Waals surface area (Å²) in [7, 11) is -3.72. The smallest absolute Gasteiger partial charge is 0.262 e. The summed E-state index contributed by atoms with van der Waals surface area (Å²) in [5, 5.41) is 0.425. The van der Waals surface area contributed by atoms with Gasteiger partial charge in [0.15, 0.2) is 0 Å². The van der Waals surface area contributed by atoms with E-state index < -0.39 is 10.0 Å². The average Bonchev–Trinajstić information content (AvgIpc) is 2.37. The summed E-state index contributed by atoms with van der Waals surface area (Å²) < 4.78 is 27.8. The zero-order valence-electron chi connectivity index (χ0n) is 10.5. The number of nitrogens with one attached hydrogen (secondary N) is 1. The van der Waals surface area contributed by atoms with Gasteiger partial charge in [-0.3, -0.25) is 4.72 Å². The van der Waals surface area contributed by atoms with Gasteiger partial charge in [-0.05, 0) is 52.7 Å². The van der Waals surface area contributed by atoms with Crippen LogP contribution in [-0.2, 0) is 10.0 Å². The van der Waals surface area contributed by atoms with Crippen molar-refractivity contribution < 1.29 is 8.42 Å². The zero-order valence-corrected chi connectivity index (χ0v) is 13.7. The number of sulfonamides is 1. The van der Waals surface area contributed by atoms with Crippen LogP contribution in [0.5, 0.6) is 0 Å². The van der Waals surface area contributed by atoms with Gasteiger partial charge < -0.3 is 5.73 Å². The van der Waals surface area contributed by atoms with E-state index in [1.807, 2.05) is 0 Å². The van der Waals surface area contributed by atoms with E-state index in [2.05, 4.69) is 20.7 Å². The van der Waals surface area contributed by atoms with Gasteiger partial charge in [0.1, 0.15) is 0 Å². The van der Waals surface area contributed by atoms with Gasteiger partial charge in [0, 0.05) is 5.69 Å². The van der Waals surface area contributed by atoms with E-state index in [9.17, 15) is 8.42 Å². The van der Waals surface area contributed by atoms with E-state index in [1.54, 1.807) is 37.3 Å². The first-order valence-corrected chi connectivity index (χ1v) is 8.29. The van der Waals surface area contributed by atoms with Crippen LogP contribution in [-0.4, -0.2) is 8.42 Å². The molecule has 0 unspecified atom stereocenters. The van der Waals surface area contributed by atoms with Crippen molar-refractivity contribution in [3.63, 3.8) is 0 Å². The standard InChI is InChI=1S/C13H12BrClN2O2S/c1-8-5-6-9(16)7-12(8)20(18,19)17-11-4-2-3-10(15)13(11)14/h2-7,17H,16H2,1H3. The SMILES string of the molecule is Cc1ccc(N)cc1S(=O)(=O)Nc1cccc(Cl)c1Br. The van der Waals surface area contributed by atoms with Crippen LogP contribution in [0.4, 0.5) is 11.4 Å². The van der Waals surface area contributed by atoms with Crippen LogP contribution in [0.2, 0.25) is 5.02 Å². The molecule has 2 aromatic rings. The van der Waals surface area contributed by atoms with E-state index in [-0.39, 0.29) is 4.90 Å². The molecule has 0 bridgehead atoms. The summed E-state index contributed by atoms with van der Waals surface area (Å²) in [5.41, 5.74) is 7.03. The van der Waals surface area contributed by atoms with Crippen molar-refractivity contribution in [2.75, 3.05) is 10.5 Å². The lowest BCUT2D eigenvalue weighted by Gasteiger charge is -2.12. The highest BCUT2D eigenvalue weighted by Crippen LogP contribution is 2.32. The maximum absolute atomic E-state index is 12.4. The molecule has 0 aliphatic carbocycles. The predicted octanol–water partition coefficient (Wildman–Crippen LogP) is 3.79. The number of benzene rings is 2.